The normalized spacial score (nSPS) is 26.7. The van der Waals surface area contributed by atoms with Crippen molar-refractivity contribution in [1.82, 2.24) is 5.32 Å². The molecule has 0 saturated heterocycles. The van der Waals surface area contributed by atoms with Crippen molar-refractivity contribution in [3.63, 3.8) is 0 Å². The van der Waals surface area contributed by atoms with E-state index in [2.05, 4.69) is 70.3 Å². The number of benzene rings is 1. The van der Waals surface area contributed by atoms with Gasteiger partial charge in [0.25, 0.3) is 0 Å². The van der Waals surface area contributed by atoms with Crippen LogP contribution < -0.4 is 5.32 Å². The molecule has 1 heteroatoms. The molecule has 0 amide bonds. The molecule has 2 unspecified atom stereocenters. The van der Waals surface area contributed by atoms with Crippen LogP contribution in [0.4, 0.5) is 0 Å². The highest BCUT2D eigenvalue weighted by Gasteiger charge is 2.54. The second-order valence-electron chi connectivity index (χ2n) is 7.65. The lowest BCUT2D eigenvalue weighted by Crippen LogP contribution is -2.38. The number of nitrogens with one attached hydrogen (secondary N) is 1. The summed E-state index contributed by atoms with van der Waals surface area (Å²) in [5.41, 5.74) is 2.21. The summed E-state index contributed by atoms with van der Waals surface area (Å²) in [6, 6.07) is 11.1. The van der Waals surface area contributed by atoms with Crippen LogP contribution in [0.25, 0.3) is 0 Å². The molecule has 2 atom stereocenters. The molecule has 1 aliphatic rings. The van der Waals surface area contributed by atoms with Gasteiger partial charge in [-0.2, -0.15) is 0 Å². The SMILES string of the molecule is CC(C)CC1(c2ccccc2)CC1CNC(C)(C)C. The first-order valence-electron chi connectivity index (χ1n) is 7.64. The van der Waals surface area contributed by atoms with Crippen LogP contribution in [0.15, 0.2) is 30.3 Å². The lowest BCUT2D eigenvalue weighted by molar-refractivity contribution is 0.386. The van der Waals surface area contributed by atoms with Gasteiger partial charge in [-0.25, -0.2) is 0 Å². The summed E-state index contributed by atoms with van der Waals surface area (Å²) >= 11 is 0. The van der Waals surface area contributed by atoms with Crippen molar-refractivity contribution in [2.45, 2.75) is 58.4 Å². The second-order valence-corrected chi connectivity index (χ2v) is 7.65. The Hall–Kier alpha value is -0.820. The summed E-state index contributed by atoms with van der Waals surface area (Å²) in [5.74, 6) is 1.57. The maximum absolute atomic E-state index is 3.68. The van der Waals surface area contributed by atoms with Gasteiger partial charge in [0.1, 0.15) is 0 Å². The van der Waals surface area contributed by atoms with Gasteiger partial charge in [0.05, 0.1) is 0 Å². The van der Waals surface area contributed by atoms with Crippen molar-refractivity contribution >= 4 is 0 Å². The van der Waals surface area contributed by atoms with Gasteiger partial charge in [0.2, 0.25) is 0 Å². The van der Waals surface area contributed by atoms with Crippen LogP contribution in [0, 0.1) is 11.8 Å². The Morgan fingerprint density at radius 1 is 1.21 bits per heavy atom. The summed E-state index contributed by atoms with van der Waals surface area (Å²) in [4.78, 5) is 0. The van der Waals surface area contributed by atoms with Crippen LogP contribution in [0.2, 0.25) is 0 Å². The summed E-state index contributed by atoms with van der Waals surface area (Å²) in [7, 11) is 0. The van der Waals surface area contributed by atoms with E-state index < -0.39 is 0 Å². The molecule has 1 nitrogen and oxygen atoms in total. The van der Waals surface area contributed by atoms with Crippen molar-refractivity contribution in [3.8, 4) is 0 Å². The fourth-order valence-corrected chi connectivity index (χ4v) is 3.30. The second kappa shape index (κ2) is 5.28. The molecule has 1 fully saturated rings. The summed E-state index contributed by atoms with van der Waals surface area (Å²) in [5, 5.41) is 3.68. The first-order chi connectivity index (χ1) is 8.83. The van der Waals surface area contributed by atoms with Gasteiger partial charge in [-0.15, -0.1) is 0 Å². The van der Waals surface area contributed by atoms with E-state index in [0.29, 0.717) is 5.41 Å². The Balaban J connectivity index is 2.08. The molecule has 2 rings (SSSR count). The minimum atomic E-state index is 0.225. The molecule has 19 heavy (non-hydrogen) atoms. The highest BCUT2D eigenvalue weighted by atomic mass is 15.0. The number of hydrogen-bond acceptors (Lipinski definition) is 1. The number of rotatable bonds is 5. The zero-order valence-corrected chi connectivity index (χ0v) is 13.2. The molecule has 0 aliphatic heterocycles. The molecule has 1 aromatic rings. The quantitative estimate of drug-likeness (QED) is 0.827. The molecule has 1 saturated carbocycles. The van der Waals surface area contributed by atoms with Crippen LogP contribution in [-0.2, 0) is 5.41 Å². The van der Waals surface area contributed by atoms with E-state index in [0.717, 1.165) is 18.4 Å². The van der Waals surface area contributed by atoms with Crippen LogP contribution in [0.5, 0.6) is 0 Å². The standard InChI is InChI=1S/C18H29N/c1-14(2)11-18(15-9-7-6-8-10-15)12-16(18)13-19-17(3,4)5/h6-10,14,16,19H,11-13H2,1-5H3. The van der Waals surface area contributed by atoms with E-state index in [1.54, 1.807) is 5.56 Å². The molecule has 0 aromatic heterocycles. The van der Waals surface area contributed by atoms with Crippen molar-refractivity contribution in [1.29, 1.82) is 0 Å². The fourth-order valence-electron chi connectivity index (χ4n) is 3.30. The zero-order valence-electron chi connectivity index (χ0n) is 13.2. The average Bonchev–Trinajstić information content (AvgIpc) is 3.01. The lowest BCUT2D eigenvalue weighted by Gasteiger charge is -2.24. The van der Waals surface area contributed by atoms with Crippen molar-refractivity contribution in [3.05, 3.63) is 35.9 Å². The van der Waals surface area contributed by atoms with Gasteiger partial charge in [-0.1, -0.05) is 44.2 Å². The summed E-state index contributed by atoms with van der Waals surface area (Å²) in [6.45, 7) is 12.6. The average molecular weight is 259 g/mol. The molecule has 0 radical (unpaired) electrons. The third-order valence-corrected chi connectivity index (χ3v) is 4.23. The number of hydrogen-bond donors (Lipinski definition) is 1. The predicted molar refractivity (Wildman–Crippen MR) is 83.4 cm³/mol. The van der Waals surface area contributed by atoms with Gasteiger partial charge < -0.3 is 5.32 Å². The fraction of sp³-hybridized carbons (Fsp3) is 0.667. The smallest absolute Gasteiger partial charge is 0.00966 e. The van der Waals surface area contributed by atoms with Crippen LogP contribution >= 0.6 is 0 Å². The highest BCUT2D eigenvalue weighted by Crippen LogP contribution is 2.57. The van der Waals surface area contributed by atoms with E-state index in [-0.39, 0.29) is 5.54 Å². The maximum atomic E-state index is 3.68. The topological polar surface area (TPSA) is 12.0 Å². The molecular weight excluding hydrogens is 230 g/mol. The van der Waals surface area contributed by atoms with E-state index in [1.165, 1.54) is 12.8 Å². The lowest BCUT2D eigenvalue weighted by atomic mass is 9.85. The van der Waals surface area contributed by atoms with E-state index in [9.17, 15) is 0 Å². The Kier molecular flexibility index (Phi) is 4.06. The predicted octanol–water partition coefficient (Wildman–Crippen LogP) is 4.38. The van der Waals surface area contributed by atoms with E-state index in [1.807, 2.05) is 0 Å². The molecule has 0 bridgehead atoms. The molecule has 0 heterocycles. The Morgan fingerprint density at radius 2 is 1.84 bits per heavy atom. The van der Waals surface area contributed by atoms with Crippen LogP contribution in [0.3, 0.4) is 0 Å². The molecule has 1 N–H and O–H groups in total. The van der Waals surface area contributed by atoms with E-state index >= 15 is 0 Å². The molecule has 0 spiro atoms. The van der Waals surface area contributed by atoms with Gasteiger partial charge in [-0.3, -0.25) is 0 Å². The monoisotopic (exact) mass is 259 g/mol. The van der Waals surface area contributed by atoms with Crippen molar-refractivity contribution < 1.29 is 0 Å². The van der Waals surface area contributed by atoms with E-state index in [4.69, 9.17) is 0 Å². The minimum absolute atomic E-state index is 0.225. The van der Waals surface area contributed by atoms with Crippen molar-refractivity contribution in [2.24, 2.45) is 11.8 Å². The van der Waals surface area contributed by atoms with Gasteiger partial charge >= 0.3 is 0 Å². The van der Waals surface area contributed by atoms with Gasteiger partial charge in [0, 0.05) is 5.54 Å². The summed E-state index contributed by atoms with van der Waals surface area (Å²) < 4.78 is 0. The molecular formula is C18H29N. The Bertz CT molecular complexity index is 401. The third-order valence-electron chi connectivity index (χ3n) is 4.23. The van der Waals surface area contributed by atoms with Gasteiger partial charge in [0.15, 0.2) is 0 Å². The first kappa shape index (κ1) is 14.6. The first-order valence-corrected chi connectivity index (χ1v) is 7.64. The largest absolute Gasteiger partial charge is 0.312 e. The summed E-state index contributed by atoms with van der Waals surface area (Å²) in [6.07, 6.45) is 2.66. The zero-order chi connectivity index (χ0) is 14.1. The maximum Gasteiger partial charge on any atom is 0.00966 e. The molecule has 1 aromatic carbocycles. The molecule has 1 aliphatic carbocycles. The Labute approximate surface area is 118 Å². The third kappa shape index (κ3) is 3.60. The Morgan fingerprint density at radius 3 is 2.37 bits per heavy atom. The van der Waals surface area contributed by atoms with Crippen LogP contribution in [-0.4, -0.2) is 12.1 Å². The minimum Gasteiger partial charge on any atom is -0.312 e. The van der Waals surface area contributed by atoms with Crippen LogP contribution in [0.1, 0.15) is 53.0 Å². The van der Waals surface area contributed by atoms with Gasteiger partial charge in [-0.05, 0) is 63.0 Å². The highest BCUT2D eigenvalue weighted by molar-refractivity contribution is 5.34. The molecule has 106 valence electrons. The van der Waals surface area contributed by atoms with Crippen molar-refractivity contribution in [2.75, 3.05) is 6.54 Å².